The van der Waals surface area contributed by atoms with Crippen LogP contribution in [-0.4, -0.2) is 30.4 Å². The van der Waals surface area contributed by atoms with E-state index in [0.717, 1.165) is 29.7 Å². The number of nitrogens with zero attached hydrogens (tertiary/aromatic N) is 1. The van der Waals surface area contributed by atoms with Crippen LogP contribution in [0.3, 0.4) is 0 Å². The normalized spacial score (nSPS) is 17.4. The van der Waals surface area contributed by atoms with Crippen LogP contribution in [0.4, 0.5) is 0 Å². The van der Waals surface area contributed by atoms with E-state index in [1.54, 1.807) is 11.3 Å². The molecule has 1 fully saturated rings. The number of carbonyl (C=O) groups is 1. The average molecular weight is 317 g/mol. The van der Waals surface area contributed by atoms with Crippen LogP contribution in [0.25, 0.3) is 0 Å². The van der Waals surface area contributed by atoms with Gasteiger partial charge in [-0.15, -0.1) is 11.3 Å². The van der Waals surface area contributed by atoms with E-state index in [1.165, 1.54) is 4.88 Å². The molecule has 0 aliphatic carbocycles. The highest BCUT2D eigenvalue weighted by molar-refractivity contribution is 9.11. The number of rotatable bonds is 4. The van der Waals surface area contributed by atoms with Crippen molar-refractivity contribution < 1.29 is 4.79 Å². The van der Waals surface area contributed by atoms with Crippen LogP contribution in [0.1, 0.15) is 30.7 Å². The van der Waals surface area contributed by atoms with Gasteiger partial charge in [0.2, 0.25) is 5.91 Å². The first kappa shape index (κ1) is 13.1. The van der Waals surface area contributed by atoms with Gasteiger partial charge in [-0.25, -0.2) is 0 Å². The highest BCUT2D eigenvalue weighted by Crippen LogP contribution is 2.26. The predicted octanol–water partition coefficient (Wildman–Crippen LogP) is 2.78. The molecule has 1 aliphatic rings. The van der Waals surface area contributed by atoms with Crippen molar-refractivity contribution in [1.82, 2.24) is 10.2 Å². The molecule has 1 atom stereocenters. The van der Waals surface area contributed by atoms with Crippen LogP contribution in [0.5, 0.6) is 0 Å². The van der Waals surface area contributed by atoms with Gasteiger partial charge in [-0.1, -0.05) is 0 Å². The van der Waals surface area contributed by atoms with E-state index in [9.17, 15) is 4.79 Å². The second-order valence-corrected chi connectivity index (χ2v) is 6.83. The average Bonchev–Trinajstić information content (AvgIpc) is 2.95. The van der Waals surface area contributed by atoms with Crippen LogP contribution in [0.2, 0.25) is 0 Å². The summed E-state index contributed by atoms with van der Waals surface area (Å²) in [4.78, 5) is 15.0. The van der Waals surface area contributed by atoms with Crippen LogP contribution in [-0.2, 0) is 4.79 Å². The summed E-state index contributed by atoms with van der Waals surface area (Å²) in [5, 5.41) is 3.29. The molecule has 1 saturated heterocycles. The summed E-state index contributed by atoms with van der Waals surface area (Å²) in [6.45, 7) is 4.39. The van der Waals surface area contributed by atoms with Crippen LogP contribution < -0.4 is 5.32 Å². The molecule has 3 nitrogen and oxygen atoms in total. The van der Waals surface area contributed by atoms with Crippen molar-refractivity contribution in [2.75, 3.05) is 19.6 Å². The Bertz CT molecular complexity index is 388. The highest BCUT2D eigenvalue weighted by atomic mass is 79.9. The summed E-state index contributed by atoms with van der Waals surface area (Å²) in [5.41, 5.74) is 0. The van der Waals surface area contributed by atoms with Gasteiger partial charge in [0.05, 0.1) is 10.3 Å². The molecule has 0 saturated carbocycles. The SMILES string of the molecule is CC(NCC(=O)N1CCCC1)c1ccc(Br)s1. The van der Waals surface area contributed by atoms with Crippen molar-refractivity contribution in [3.8, 4) is 0 Å². The Morgan fingerprint density at radius 2 is 2.24 bits per heavy atom. The van der Waals surface area contributed by atoms with Gasteiger partial charge in [0.1, 0.15) is 0 Å². The largest absolute Gasteiger partial charge is 0.342 e. The maximum absolute atomic E-state index is 11.8. The lowest BCUT2D eigenvalue weighted by molar-refractivity contribution is -0.129. The van der Waals surface area contributed by atoms with Crippen molar-refractivity contribution in [3.63, 3.8) is 0 Å². The summed E-state index contributed by atoms with van der Waals surface area (Å²) in [6.07, 6.45) is 2.30. The molecule has 2 heterocycles. The third kappa shape index (κ3) is 3.53. The van der Waals surface area contributed by atoms with Gasteiger partial charge in [0.25, 0.3) is 0 Å². The van der Waals surface area contributed by atoms with Gasteiger partial charge in [-0.3, -0.25) is 4.79 Å². The maximum Gasteiger partial charge on any atom is 0.236 e. The van der Waals surface area contributed by atoms with Gasteiger partial charge in [0, 0.05) is 24.0 Å². The first-order chi connectivity index (χ1) is 8.16. The first-order valence-electron chi connectivity index (χ1n) is 5.93. The number of hydrogen-bond acceptors (Lipinski definition) is 3. The fourth-order valence-corrected chi connectivity index (χ4v) is 3.43. The lowest BCUT2D eigenvalue weighted by atomic mass is 10.3. The van der Waals surface area contributed by atoms with Crippen molar-refractivity contribution in [2.24, 2.45) is 0 Å². The molecule has 2 rings (SSSR count). The molecule has 5 heteroatoms. The Hall–Kier alpha value is -0.390. The number of carbonyl (C=O) groups excluding carboxylic acids is 1. The zero-order valence-corrected chi connectivity index (χ0v) is 12.3. The van der Waals surface area contributed by atoms with Crippen molar-refractivity contribution >= 4 is 33.2 Å². The zero-order valence-electron chi connectivity index (χ0n) is 9.91. The van der Waals surface area contributed by atoms with Crippen LogP contribution >= 0.6 is 27.3 Å². The number of hydrogen-bond donors (Lipinski definition) is 1. The molecular formula is C12H17BrN2OS. The Balaban J connectivity index is 1.79. The van der Waals surface area contributed by atoms with Crippen molar-refractivity contribution in [1.29, 1.82) is 0 Å². The summed E-state index contributed by atoms with van der Waals surface area (Å²) in [6, 6.07) is 4.37. The standard InChI is InChI=1S/C12H17BrN2OS/c1-9(10-4-5-11(13)17-10)14-8-12(16)15-6-2-3-7-15/h4-5,9,14H,2-3,6-8H2,1H3. The zero-order chi connectivity index (χ0) is 12.3. The summed E-state index contributed by atoms with van der Waals surface area (Å²) < 4.78 is 1.13. The summed E-state index contributed by atoms with van der Waals surface area (Å²) >= 11 is 5.16. The van der Waals surface area contributed by atoms with Crippen molar-refractivity contribution in [3.05, 3.63) is 20.8 Å². The Morgan fingerprint density at radius 3 is 2.82 bits per heavy atom. The number of likely N-dealkylation sites (tertiary alicyclic amines) is 1. The molecule has 1 unspecified atom stereocenters. The summed E-state index contributed by atoms with van der Waals surface area (Å²) in [7, 11) is 0. The molecule has 0 spiro atoms. The fraction of sp³-hybridized carbons (Fsp3) is 0.583. The topological polar surface area (TPSA) is 32.3 Å². The molecule has 1 aromatic rings. The Kier molecular flexibility index (Phi) is 4.59. The van der Waals surface area contributed by atoms with Gasteiger partial charge in [-0.05, 0) is 47.8 Å². The minimum absolute atomic E-state index is 0.227. The molecule has 0 bridgehead atoms. The summed E-state index contributed by atoms with van der Waals surface area (Å²) in [5.74, 6) is 0.227. The van der Waals surface area contributed by atoms with Gasteiger partial charge in [0.15, 0.2) is 0 Å². The fourth-order valence-electron chi connectivity index (χ4n) is 1.98. The molecular weight excluding hydrogens is 300 g/mol. The maximum atomic E-state index is 11.8. The van der Waals surface area contributed by atoms with Gasteiger partial charge < -0.3 is 10.2 Å². The van der Waals surface area contributed by atoms with E-state index in [2.05, 4.69) is 34.2 Å². The van der Waals surface area contributed by atoms with E-state index < -0.39 is 0 Å². The third-order valence-corrected chi connectivity index (χ3v) is 4.85. The second kappa shape index (κ2) is 5.98. The second-order valence-electron chi connectivity index (χ2n) is 4.33. The quantitative estimate of drug-likeness (QED) is 0.926. The first-order valence-corrected chi connectivity index (χ1v) is 7.54. The Morgan fingerprint density at radius 1 is 1.53 bits per heavy atom. The lowest BCUT2D eigenvalue weighted by Gasteiger charge is -2.17. The minimum atomic E-state index is 0.227. The van der Waals surface area contributed by atoms with Crippen LogP contribution in [0.15, 0.2) is 15.9 Å². The molecule has 0 aromatic carbocycles. The van der Waals surface area contributed by atoms with Gasteiger partial charge in [-0.2, -0.15) is 0 Å². The molecule has 1 amide bonds. The molecule has 1 aromatic heterocycles. The minimum Gasteiger partial charge on any atom is -0.342 e. The van der Waals surface area contributed by atoms with E-state index in [1.807, 2.05) is 11.0 Å². The number of amides is 1. The smallest absolute Gasteiger partial charge is 0.236 e. The van der Waals surface area contributed by atoms with Crippen molar-refractivity contribution in [2.45, 2.75) is 25.8 Å². The number of thiophene rings is 1. The van der Waals surface area contributed by atoms with Gasteiger partial charge >= 0.3 is 0 Å². The van der Waals surface area contributed by atoms with E-state index in [4.69, 9.17) is 0 Å². The third-order valence-electron chi connectivity index (χ3n) is 3.04. The monoisotopic (exact) mass is 316 g/mol. The molecule has 17 heavy (non-hydrogen) atoms. The molecule has 0 radical (unpaired) electrons. The van der Waals surface area contributed by atoms with Crippen LogP contribution in [0, 0.1) is 0 Å². The molecule has 94 valence electrons. The Labute approximate surface area is 114 Å². The number of halogens is 1. The predicted molar refractivity (Wildman–Crippen MR) is 74.3 cm³/mol. The molecule has 1 aliphatic heterocycles. The number of nitrogens with one attached hydrogen (secondary N) is 1. The highest BCUT2D eigenvalue weighted by Gasteiger charge is 2.18. The molecule has 1 N–H and O–H groups in total. The van der Waals surface area contributed by atoms with E-state index in [0.29, 0.717) is 6.54 Å². The van der Waals surface area contributed by atoms with E-state index >= 15 is 0 Å². The van der Waals surface area contributed by atoms with E-state index in [-0.39, 0.29) is 11.9 Å². The lowest BCUT2D eigenvalue weighted by Crippen LogP contribution is -2.36.